The van der Waals surface area contributed by atoms with E-state index in [1.807, 2.05) is 31.3 Å². The minimum atomic E-state index is -0.176. The SMILES string of the molecule is CC(S)c1cncc(CNC(=O)C2Cc3ccccc3CN2)c1. The summed E-state index contributed by atoms with van der Waals surface area (Å²) in [5.41, 5.74) is 4.58. The molecule has 1 aromatic heterocycles. The molecule has 0 spiro atoms. The fraction of sp³-hybridized carbons (Fsp3) is 0.333. The molecule has 3 rings (SSSR count). The van der Waals surface area contributed by atoms with Crippen LogP contribution in [0.1, 0.15) is 34.4 Å². The predicted molar refractivity (Wildman–Crippen MR) is 94.3 cm³/mol. The first-order chi connectivity index (χ1) is 11.1. The molecule has 0 radical (unpaired) electrons. The van der Waals surface area contributed by atoms with Crippen molar-refractivity contribution in [2.24, 2.45) is 0 Å². The quantitative estimate of drug-likeness (QED) is 0.756. The normalized spacial score (nSPS) is 18.1. The van der Waals surface area contributed by atoms with E-state index in [0.29, 0.717) is 6.54 Å². The van der Waals surface area contributed by atoms with Crippen LogP contribution in [-0.4, -0.2) is 16.9 Å². The zero-order chi connectivity index (χ0) is 16.2. The Bertz CT molecular complexity index is 702. The summed E-state index contributed by atoms with van der Waals surface area (Å²) in [5, 5.41) is 6.43. The van der Waals surface area contributed by atoms with Crippen molar-refractivity contribution in [3.05, 3.63) is 65.0 Å². The Balaban J connectivity index is 1.59. The van der Waals surface area contributed by atoms with Gasteiger partial charge in [-0.05, 0) is 41.7 Å². The third kappa shape index (κ3) is 3.92. The molecule has 0 aliphatic carbocycles. The van der Waals surface area contributed by atoms with Crippen LogP contribution in [0.4, 0.5) is 0 Å². The standard InChI is InChI=1S/C18H21N3OS/c1-12(23)16-6-13(8-19-10-16)9-21-18(22)17-7-14-4-2-3-5-15(14)11-20-17/h2-6,8,10,12,17,20,23H,7,9,11H2,1H3,(H,21,22). The van der Waals surface area contributed by atoms with Crippen LogP contribution in [0, 0.1) is 0 Å². The minimum Gasteiger partial charge on any atom is -0.351 e. The molecule has 1 amide bonds. The molecular weight excluding hydrogens is 306 g/mol. The van der Waals surface area contributed by atoms with Crippen molar-refractivity contribution in [2.45, 2.75) is 37.7 Å². The maximum atomic E-state index is 12.4. The lowest BCUT2D eigenvalue weighted by molar-refractivity contribution is -0.123. The van der Waals surface area contributed by atoms with E-state index >= 15 is 0 Å². The fourth-order valence-electron chi connectivity index (χ4n) is 2.78. The summed E-state index contributed by atoms with van der Waals surface area (Å²) in [4.78, 5) is 16.6. The molecule has 120 valence electrons. The van der Waals surface area contributed by atoms with Crippen molar-refractivity contribution in [1.29, 1.82) is 0 Å². The molecule has 0 bridgehead atoms. The second-order valence-corrected chi connectivity index (χ2v) is 6.70. The Morgan fingerprint density at radius 1 is 1.39 bits per heavy atom. The van der Waals surface area contributed by atoms with Crippen molar-refractivity contribution in [2.75, 3.05) is 0 Å². The van der Waals surface area contributed by atoms with Crippen LogP contribution in [0.25, 0.3) is 0 Å². The molecule has 2 atom stereocenters. The van der Waals surface area contributed by atoms with Crippen molar-refractivity contribution in [3.63, 3.8) is 0 Å². The number of nitrogens with one attached hydrogen (secondary N) is 2. The second kappa shape index (κ2) is 7.15. The fourth-order valence-corrected chi connectivity index (χ4v) is 2.93. The summed E-state index contributed by atoms with van der Waals surface area (Å²) in [6, 6.07) is 10.1. The average Bonchev–Trinajstić information content (AvgIpc) is 2.59. The van der Waals surface area contributed by atoms with E-state index in [1.165, 1.54) is 11.1 Å². The number of hydrogen-bond donors (Lipinski definition) is 3. The van der Waals surface area contributed by atoms with E-state index in [2.05, 4.69) is 40.4 Å². The Hall–Kier alpha value is -1.85. The van der Waals surface area contributed by atoms with Crippen molar-refractivity contribution < 1.29 is 4.79 Å². The number of thiol groups is 1. The number of fused-ring (bicyclic) bond motifs is 1. The largest absolute Gasteiger partial charge is 0.351 e. The predicted octanol–water partition coefficient (Wildman–Crippen LogP) is 2.40. The number of pyridine rings is 1. The van der Waals surface area contributed by atoms with Gasteiger partial charge in [-0.25, -0.2) is 0 Å². The summed E-state index contributed by atoms with van der Waals surface area (Å²) in [5.74, 6) is 0.0313. The summed E-state index contributed by atoms with van der Waals surface area (Å²) >= 11 is 4.42. The molecule has 23 heavy (non-hydrogen) atoms. The lowest BCUT2D eigenvalue weighted by Crippen LogP contribution is -2.47. The lowest BCUT2D eigenvalue weighted by Gasteiger charge is -2.25. The summed E-state index contributed by atoms with van der Waals surface area (Å²) in [6.45, 7) is 3.23. The molecule has 1 aliphatic heterocycles. The van der Waals surface area contributed by atoms with Crippen LogP contribution < -0.4 is 10.6 Å². The van der Waals surface area contributed by atoms with Gasteiger partial charge in [0.1, 0.15) is 0 Å². The smallest absolute Gasteiger partial charge is 0.237 e. The first kappa shape index (κ1) is 16.0. The van der Waals surface area contributed by atoms with E-state index in [1.54, 1.807) is 6.20 Å². The van der Waals surface area contributed by atoms with Crippen LogP contribution >= 0.6 is 12.6 Å². The van der Waals surface area contributed by atoms with Gasteiger partial charge < -0.3 is 10.6 Å². The molecule has 0 saturated carbocycles. The van der Waals surface area contributed by atoms with Gasteiger partial charge in [-0.3, -0.25) is 9.78 Å². The Morgan fingerprint density at radius 2 is 2.17 bits per heavy atom. The molecule has 0 saturated heterocycles. The Labute approximate surface area is 142 Å². The molecule has 5 heteroatoms. The molecule has 2 heterocycles. The highest BCUT2D eigenvalue weighted by atomic mass is 32.1. The van der Waals surface area contributed by atoms with Gasteiger partial charge >= 0.3 is 0 Å². The highest BCUT2D eigenvalue weighted by molar-refractivity contribution is 7.80. The summed E-state index contributed by atoms with van der Waals surface area (Å²) in [7, 11) is 0. The van der Waals surface area contributed by atoms with Gasteiger partial charge in [-0.1, -0.05) is 24.3 Å². The van der Waals surface area contributed by atoms with E-state index in [9.17, 15) is 4.79 Å². The maximum absolute atomic E-state index is 12.4. The van der Waals surface area contributed by atoms with E-state index in [4.69, 9.17) is 0 Å². The average molecular weight is 327 g/mol. The topological polar surface area (TPSA) is 54.0 Å². The van der Waals surface area contributed by atoms with E-state index in [-0.39, 0.29) is 17.2 Å². The first-order valence-electron chi connectivity index (χ1n) is 7.83. The number of carbonyl (C=O) groups excluding carboxylic acids is 1. The van der Waals surface area contributed by atoms with Crippen LogP contribution in [-0.2, 0) is 24.3 Å². The van der Waals surface area contributed by atoms with Crippen LogP contribution in [0.3, 0.4) is 0 Å². The number of benzene rings is 1. The van der Waals surface area contributed by atoms with Crippen LogP contribution in [0.2, 0.25) is 0 Å². The number of rotatable bonds is 4. The van der Waals surface area contributed by atoms with Crippen molar-refractivity contribution in [1.82, 2.24) is 15.6 Å². The lowest BCUT2D eigenvalue weighted by atomic mass is 9.95. The van der Waals surface area contributed by atoms with Crippen LogP contribution in [0.15, 0.2) is 42.7 Å². The Kier molecular flexibility index (Phi) is 4.98. The Morgan fingerprint density at radius 3 is 2.96 bits per heavy atom. The molecule has 2 unspecified atom stereocenters. The summed E-state index contributed by atoms with van der Waals surface area (Å²) in [6.07, 6.45) is 4.32. The number of amides is 1. The zero-order valence-corrected chi connectivity index (χ0v) is 14.0. The third-order valence-electron chi connectivity index (χ3n) is 4.16. The molecule has 1 aromatic carbocycles. The molecular formula is C18H21N3OS. The van der Waals surface area contributed by atoms with Crippen molar-refractivity contribution in [3.8, 4) is 0 Å². The maximum Gasteiger partial charge on any atom is 0.237 e. The van der Waals surface area contributed by atoms with Gasteiger partial charge in [-0.2, -0.15) is 12.6 Å². The third-order valence-corrected chi connectivity index (χ3v) is 4.46. The molecule has 0 fully saturated rings. The molecule has 2 aromatic rings. The highest BCUT2D eigenvalue weighted by Crippen LogP contribution is 2.19. The molecule has 4 nitrogen and oxygen atoms in total. The second-order valence-electron chi connectivity index (χ2n) is 5.93. The highest BCUT2D eigenvalue weighted by Gasteiger charge is 2.23. The van der Waals surface area contributed by atoms with Crippen molar-refractivity contribution >= 4 is 18.5 Å². The van der Waals surface area contributed by atoms with Gasteiger partial charge in [-0.15, -0.1) is 0 Å². The van der Waals surface area contributed by atoms with Gasteiger partial charge in [0.15, 0.2) is 0 Å². The number of nitrogens with zero attached hydrogens (tertiary/aromatic N) is 1. The van der Waals surface area contributed by atoms with Gasteiger partial charge in [0, 0.05) is 30.7 Å². The van der Waals surface area contributed by atoms with Gasteiger partial charge in [0.05, 0.1) is 6.04 Å². The van der Waals surface area contributed by atoms with E-state index < -0.39 is 0 Å². The van der Waals surface area contributed by atoms with Gasteiger partial charge in [0.2, 0.25) is 5.91 Å². The monoisotopic (exact) mass is 327 g/mol. The summed E-state index contributed by atoms with van der Waals surface area (Å²) < 4.78 is 0. The minimum absolute atomic E-state index is 0.0313. The van der Waals surface area contributed by atoms with E-state index in [0.717, 1.165) is 24.1 Å². The number of carbonyl (C=O) groups is 1. The first-order valence-corrected chi connectivity index (χ1v) is 8.35. The van der Waals surface area contributed by atoms with Gasteiger partial charge in [0.25, 0.3) is 0 Å². The van der Waals surface area contributed by atoms with Crippen LogP contribution in [0.5, 0.6) is 0 Å². The number of hydrogen-bond acceptors (Lipinski definition) is 4. The molecule has 2 N–H and O–H groups in total. The number of aromatic nitrogens is 1. The zero-order valence-electron chi connectivity index (χ0n) is 13.1. The molecule has 1 aliphatic rings.